The molecular weight excluding hydrogens is 556 g/mol. The molecule has 1 aliphatic heterocycles. The summed E-state index contributed by atoms with van der Waals surface area (Å²) in [5, 5.41) is 9.14. The Bertz CT molecular complexity index is 1710. The Labute approximate surface area is 247 Å². The molecule has 0 bridgehead atoms. The zero-order valence-electron chi connectivity index (χ0n) is 23.7. The average Bonchev–Trinajstić information content (AvgIpc) is 3.00. The van der Waals surface area contributed by atoms with Crippen molar-refractivity contribution in [1.82, 2.24) is 14.0 Å². The van der Waals surface area contributed by atoms with Crippen LogP contribution in [-0.4, -0.2) is 51.3 Å². The first kappa shape index (κ1) is 29.9. The number of aromatic carboxylic acids is 1. The lowest BCUT2D eigenvalue weighted by Gasteiger charge is -2.37. The lowest BCUT2D eigenvalue weighted by Crippen LogP contribution is -2.51. The third-order valence-corrected chi connectivity index (χ3v) is 7.94. The Morgan fingerprint density at radius 2 is 1.49 bits per heavy atom. The van der Waals surface area contributed by atoms with Gasteiger partial charge in [-0.05, 0) is 42.3 Å². The molecule has 1 fully saturated rings. The Hall–Kier alpha value is -4.61. The summed E-state index contributed by atoms with van der Waals surface area (Å²) in [7, 11) is 0. The summed E-state index contributed by atoms with van der Waals surface area (Å²) in [4.78, 5) is 42.9. The smallest absolute Gasteiger partial charge is 0.335 e. The van der Waals surface area contributed by atoms with Gasteiger partial charge in [0.25, 0.3) is 5.56 Å². The van der Waals surface area contributed by atoms with E-state index in [0.717, 1.165) is 27.8 Å². The van der Waals surface area contributed by atoms with Gasteiger partial charge < -0.3 is 15.7 Å². The van der Waals surface area contributed by atoms with Crippen molar-refractivity contribution in [2.24, 2.45) is 5.73 Å². The van der Waals surface area contributed by atoms with Gasteiger partial charge in [0.1, 0.15) is 17.3 Å². The number of anilines is 1. The molecule has 1 atom stereocenters. The minimum atomic E-state index is -0.981. The quantitative estimate of drug-likeness (QED) is 0.308. The van der Waals surface area contributed by atoms with E-state index in [-0.39, 0.29) is 24.2 Å². The largest absolute Gasteiger partial charge is 0.478 e. The van der Waals surface area contributed by atoms with Gasteiger partial charge in [-0.3, -0.25) is 18.8 Å². The van der Waals surface area contributed by atoms with Crippen LogP contribution in [0, 0.1) is 18.6 Å². The number of halogens is 2. The van der Waals surface area contributed by atoms with Crippen molar-refractivity contribution >= 4 is 11.7 Å². The number of carbonyl (C=O) groups is 1. The number of hydrogen-bond donors (Lipinski definition) is 2. The molecule has 224 valence electrons. The van der Waals surface area contributed by atoms with E-state index in [0.29, 0.717) is 44.1 Å². The minimum absolute atomic E-state index is 0.110. The number of piperazine rings is 1. The number of benzene rings is 3. The molecule has 11 heteroatoms. The molecule has 0 radical (unpaired) electrons. The highest BCUT2D eigenvalue weighted by atomic mass is 19.1. The second-order valence-corrected chi connectivity index (χ2v) is 10.7. The van der Waals surface area contributed by atoms with Gasteiger partial charge in [0, 0.05) is 50.0 Å². The van der Waals surface area contributed by atoms with Crippen molar-refractivity contribution in [3.63, 3.8) is 0 Å². The number of aromatic nitrogens is 2. The number of nitrogens with two attached hydrogens (primary N) is 1. The van der Waals surface area contributed by atoms with Gasteiger partial charge in [0.2, 0.25) is 0 Å². The molecular formula is C32H33F2N5O4. The predicted octanol–water partition coefficient (Wildman–Crippen LogP) is 3.37. The molecule has 3 N–H and O–H groups in total. The van der Waals surface area contributed by atoms with Crippen LogP contribution >= 0.6 is 0 Å². The Kier molecular flexibility index (Phi) is 8.84. The molecule has 3 aromatic carbocycles. The molecule has 0 aliphatic carbocycles. The first-order valence-electron chi connectivity index (χ1n) is 14.0. The molecule has 5 rings (SSSR count). The van der Waals surface area contributed by atoms with Gasteiger partial charge >= 0.3 is 11.7 Å². The highest BCUT2D eigenvalue weighted by Crippen LogP contribution is 2.21. The molecule has 1 aliphatic rings. The van der Waals surface area contributed by atoms with E-state index >= 15 is 0 Å². The Morgan fingerprint density at radius 1 is 0.860 bits per heavy atom. The number of hydrogen-bond acceptors (Lipinski definition) is 6. The third kappa shape index (κ3) is 6.42. The van der Waals surface area contributed by atoms with Crippen LogP contribution in [0.15, 0.2) is 82.4 Å². The topological polar surface area (TPSA) is 114 Å². The molecule has 9 nitrogen and oxygen atoms in total. The Balaban J connectivity index is 1.46. The summed E-state index contributed by atoms with van der Waals surface area (Å²) in [5.41, 5.74) is 7.50. The van der Waals surface area contributed by atoms with Crippen molar-refractivity contribution < 1.29 is 18.7 Å². The average molecular weight is 590 g/mol. The summed E-state index contributed by atoms with van der Waals surface area (Å²) in [5.74, 6) is -2.54. The van der Waals surface area contributed by atoms with Gasteiger partial charge in [0.05, 0.1) is 18.7 Å². The highest BCUT2D eigenvalue weighted by Gasteiger charge is 2.26. The summed E-state index contributed by atoms with van der Waals surface area (Å²) in [6, 6.07) is 18.7. The highest BCUT2D eigenvalue weighted by molar-refractivity contribution is 5.87. The van der Waals surface area contributed by atoms with E-state index in [1.807, 2.05) is 35.2 Å². The van der Waals surface area contributed by atoms with Gasteiger partial charge in [-0.2, -0.15) is 0 Å². The van der Waals surface area contributed by atoms with E-state index in [4.69, 9.17) is 10.8 Å². The van der Waals surface area contributed by atoms with Crippen molar-refractivity contribution in [2.45, 2.75) is 32.6 Å². The zero-order chi connectivity index (χ0) is 30.7. The standard InChI is InChI=1S/C32H33F2N5O4/c1-21-29(37-16-14-36(15-17-37)18-22-10-12-24(13-11-22)31(41)42)30(40)39(20-28(35)23-6-3-2-4-7-23)32(43)38(21)19-25-26(33)8-5-9-27(25)34/h2-13,28H,14-20,35H2,1H3,(H,41,42)/t28-/m1/s1. The molecule has 0 saturated carbocycles. The summed E-state index contributed by atoms with van der Waals surface area (Å²) in [6.45, 7) is 3.88. The van der Waals surface area contributed by atoms with Gasteiger partial charge in [-0.25, -0.2) is 18.4 Å². The van der Waals surface area contributed by atoms with Gasteiger partial charge in [0.15, 0.2) is 0 Å². The second-order valence-electron chi connectivity index (χ2n) is 10.7. The lowest BCUT2D eigenvalue weighted by atomic mass is 10.1. The third-order valence-electron chi connectivity index (χ3n) is 7.94. The van der Waals surface area contributed by atoms with Crippen LogP contribution < -0.4 is 21.9 Å². The van der Waals surface area contributed by atoms with Gasteiger partial charge in [-0.1, -0.05) is 48.5 Å². The summed E-state index contributed by atoms with van der Waals surface area (Å²) in [6.07, 6.45) is 0. The second kappa shape index (κ2) is 12.7. The van der Waals surface area contributed by atoms with E-state index < -0.39 is 34.9 Å². The fourth-order valence-electron chi connectivity index (χ4n) is 5.48. The number of nitrogens with zero attached hydrogens (tertiary/aromatic N) is 4. The monoisotopic (exact) mass is 589 g/mol. The SMILES string of the molecule is Cc1c(N2CCN(Cc3ccc(C(=O)O)cc3)CC2)c(=O)n(C[C@@H](N)c2ccccc2)c(=O)n1Cc1c(F)cccc1F. The van der Waals surface area contributed by atoms with Crippen LogP contribution in [-0.2, 0) is 19.6 Å². The maximum absolute atomic E-state index is 14.7. The first-order chi connectivity index (χ1) is 20.6. The van der Waals surface area contributed by atoms with Crippen LogP contribution in [0.5, 0.6) is 0 Å². The van der Waals surface area contributed by atoms with Crippen LogP contribution in [0.25, 0.3) is 0 Å². The molecule has 2 heterocycles. The minimum Gasteiger partial charge on any atom is -0.478 e. The maximum Gasteiger partial charge on any atom is 0.335 e. The van der Waals surface area contributed by atoms with Crippen molar-refractivity contribution in [3.05, 3.63) is 133 Å². The fraction of sp³-hybridized carbons (Fsp3) is 0.281. The molecule has 4 aromatic rings. The summed E-state index contributed by atoms with van der Waals surface area (Å²) < 4.78 is 31.6. The number of carboxylic acids is 1. The van der Waals surface area contributed by atoms with Crippen LogP contribution in [0.3, 0.4) is 0 Å². The fourth-order valence-corrected chi connectivity index (χ4v) is 5.48. The predicted molar refractivity (Wildman–Crippen MR) is 159 cm³/mol. The lowest BCUT2D eigenvalue weighted by molar-refractivity contribution is 0.0697. The number of rotatable bonds is 9. The molecule has 43 heavy (non-hydrogen) atoms. The summed E-state index contributed by atoms with van der Waals surface area (Å²) >= 11 is 0. The maximum atomic E-state index is 14.7. The van der Waals surface area contributed by atoms with E-state index in [9.17, 15) is 23.2 Å². The van der Waals surface area contributed by atoms with Gasteiger partial charge in [-0.15, -0.1) is 0 Å². The molecule has 1 aromatic heterocycles. The Morgan fingerprint density at radius 3 is 2.09 bits per heavy atom. The molecule has 0 amide bonds. The zero-order valence-corrected chi connectivity index (χ0v) is 23.7. The van der Waals surface area contributed by atoms with E-state index in [1.165, 1.54) is 10.6 Å². The van der Waals surface area contributed by atoms with E-state index in [2.05, 4.69) is 4.90 Å². The van der Waals surface area contributed by atoms with Crippen LogP contribution in [0.2, 0.25) is 0 Å². The number of carboxylic acid groups (broad SMARTS) is 1. The molecule has 0 unspecified atom stereocenters. The normalized spacial score (nSPS) is 14.6. The van der Waals surface area contributed by atoms with Crippen molar-refractivity contribution in [2.75, 3.05) is 31.1 Å². The van der Waals surface area contributed by atoms with Crippen molar-refractivity contribution in [1.29, 1.82) is 0 Å². The van der Waals surface area contributed by atoms with Crippen LogP contribution in [0.4, 0.5) is 14.5 Å². The van der Waals surface area contributed by atoms with E-state index in [1.54, 1.807) is 31.2 Å². The van der Waals surface area contributed by atoms with Crippen molar-refractivity contribution in [3.8, 4) is 0 Å². The molecule has 1 saturated heterocycles. The molecule has 0 spiro atoms. The van der Waals surface area contributed by atoms with Crippen LogP contribution in [0.1, 0.15) is 38.8 Å². The first-order valence-corrected chi connectivity index (χ1v) is 14.0.